The molecule has 0 bridgehead atoms. The molecule has 112 valence electrons. The van der Waals surface area contributed by atoms with Crippen molar-refractivity contribution in [3.63, 3.8) is 0 Å². The molecule has 1 fully saturated rings. The number of hydrogen-bond acceptors (Lipinski definition) is 4. The Balaban J connectivity index is 1.93. The molecule has 2 aromatic rings. The van der Waals surface area contributed by atoms with E-state index in [-0.39, 0.29) is 5.97 Å². The fourth-order valence-corrected chi connectivity index (χ4v) is 3.22. The number of hydrogen-bond donors (Lipinski definition) is 0. The molecule has 3 rings (SSSR count). The molecular weight excluding hydrogens is 266 g/mol. The summed E-state index contributed by atoms with van der Waals surface area (Å²) in [6.45, 7) is 2.27. The van der Waals surface area contributed by atoms with Crippen LogP contribution >= 0.6 is 0 Å². The number of carbonyl (C=O) groups excluding carboxylic acids is 1. The third-order valence-electron chi connectivity index (χ3n) is 4.21. The van der Waals surface area contributed by atoms with Crippen molar-refractivity contribution in [2.75, 3.05) is 27.2 Å². The SMILES string of the molecule is COC(=O)c1cccc2cnc(CC3CCCN(C)C3)n12. The summed E-state index contributed by atoms with van der Waals surface area (Å²) in [6.07, 6.45) is 5.18. The van der Waals surface area contributed by atoms with Gasteiger partial charge >= 0.3 is 5.97 Å². The van der Waals surface area contributed by atoms with E-state index in [1.54, 1.807) is 6.07 Å². The van der Waals surface area contributed by atoms with Crippen molar-refractivity contribution in [3.05, 3.63) is 35.9 Å². The maximum absolute atomic E-state index is 11.9. The highest BCUT2D eigenvalue weighted by atomic mass is 16.5. The van der Waals surface area contributed by atoms with Crippen LogP contribution in [0.3, 0.4) is 0 Å². The largest absolute Gasteiger partial charge is 0.464 e. The van der Waals surface area contributed by atoms with Crippen LogP contribution in [0.5, 0.6) is 0 Å². The molecule has 0 amide bonds. The maximum Gasteiger partial charge on any atom is 0.355 e. The van der Waals surface area contributed by atoms with Crippen LogP contribution in [0.2, 0.25) is 0 Å². The number of ether oxygens (including phenoxy) is 1. The quantitative estimate of drug-likeness (QED) is 0.810. The Labute approximate surface area is 124 Å². The minimum Gasteiger partial charge on any atom is -0.464 e. The van der Waals surface area contributed by atoms with Crippen molar-refractivity contribution in [3.8, 4) is 0 Å². The Bertz CT molecular complexity index is 650. The summed E-state index contributed by atoms with van der Waals surface area (Å²) in [5.74, 6) is 1.23. The summed E-state index contributed by atoms with van der Waals surface area (Å²) >= 11 is 0. The van der Waals surface area contributed by atoms with E-state index in [0.29, 0.717) is 11.6 Å². The summed E-state index contributed by atoms with van der Waals surface area (Å²) in [7, 11) is 3.57. The molecule has 1 unspecified atom stereocenters. The van der Waals surface area contributed by atoms with Gasteiger partial charge in [0.1, 0.15) is 11.5 Å². The van der Waals surface area contributed by atoms with Crippen molar-refractivity contribution in [1.29, 1.82) is 0 Å². The van der Waals surface area contributed by atoms with Gasteiger partial charge in [-0.2, -0.15) is 0 Å². The van der Waals surface area contributed by atoms with Gasteiger partial charge in [0, 0.05) is 13.0 Å². The van der Waals surface area contributed by atoms with Crippen molar-refractivity contribution in [2.45, 2.75) is 19.3 Å². The number of piperidine rings is 1. The molecule has 0 aliphatic carbocycles. The third-order valence-corrected chi connectivity index (χ3v) is 4.21. The normalized spacial score (nSPS) is 19.8. The van der Waals surface area contributed by atoms with E-state index >= 15 is 0 Å². The van der Waals surface area contributed by atoms with Gasteiger partial charge in [-0.05, 0) is 44.5 Å². The smallest absolute Gasteiger partial charge is 0.355 e. The van der Waals surface area contributed by atoms with E-state index < -0.39 is 0 Å². The molecule has 5 heteroatoms. The lowest BCUT2D eigenvalue weighted by molar-refractivity contribution is 0.0591. The number of imidazole rings is 1. The predicted molar refractivity (Wildman–Crippen MR) is 80.5 cm³/mol. The van der Waals surface area contributed by atoms with Crippen LogP contribution in [0.15, 0.2) is 24.4 Å². The van der Waals surface area contributed by atoms with Crippen molar-refractivity contribution < 1.29 is 9.53 Å². The van der Waals surface area contributed by atoms with Gasteiger partial charge in [-0.15, -0.1) is 0 Å². The average Bonchev–Trinajstić information content (AvgIpc) is 2.90. The topological polar surface area (TPSA) is 46.8 Å². The summed E-state index contributed by atoms with van der Waals surface area (Å²) in [5.41, 5.74) is 1.49. The molecule has 21 heavy (non-hydrogen) atoms. The van der Waals surface area contributed by atoms with E-state index in [4.69, 9.17) is 4.74 Å². The molecule has 2 aromatic heterocycles. The molecule has 1 aliphatic rings. The molecule has 0 spiro atoms. The molecule has 1 saturated heterocycles. The maximum atomic E-state index is 11.9. The van der Waals surface area contributed by atoms with Gasteiger partial charge in [0.15, 0.2) is 0 Å². The summed E-state index contributed by atoms with van der Waals surface area (Å²) < 4.78 is 6.81. The second-order valence-electron chi connectivity index (χ2n) is 5.81. The first-order valence-corrected chi connectivity index (χ1v) is 7.41. The number of methoxy groups -OCH3 is 1. The van der Waals surface area contributed by atoms with Crippen LogP contribution in [-0.4, -0.2) is 47.5 Å². The van der Waals surface area contributed by atoms with E-state index in [1.807, 2.05) is 22.7 Å². The molecule has 0 N–H and O–H groups in total. The van der Waals surface area contributed by atoms with Gasteiger partial charge in [0.25, 0.3) is 0 Å². The first kappa shape index (κ1) is 14.1. The molecular formula is C16H21N3O2. The Kier molecular flexibility index (Phi) is 3.92. The molecule has 0 radical (unpaired) electrons. The highest BCUT2D eigenvalue weighted by Gasteiger charge is 2.21. The van der Waals surface area contributed by atoms with Crippen LogP contribution in [0, 0.1) is 5.92 Å². The zero-order chi connectivity index (χ0) is 14.8. The highest BCUT2D eigenvalue weighted by Crippen LogP contribution is 2.21. The minimum atomic E-state index is -0.319. The third kappa shape index (κ3) is 2.78. The predicted octanol–water partition coefficient (Wildman–Crippen LogP) is 2.01. The number of aromatic nitrogens is 2. The van der Waals surface area contributed by atoms with Gasteiger partial charge in [0.2, 0.25) is 0 Å². The summed E-state index contributed by atoms with van der Waals surface area (Å²) in [5, 5.41) is 0. The average molecular weight is 287 g/mol. The zero-order valence-corrected chi connectivity index (χ0v) is 12.6. The lowest BCUT2D eigenvalue weighted by Crippen LogP contribution is -2.33. The number of likely N-dealkylation sites (tertiary alicyclic amines) is 1. The summed E-state index contributed by atoms with van der Waals surface area (Å²) in [6, 6.07) is 5.62. The van der Waals surface area contributed by atoms with Crippen LogP contribution in [0.1, 0.15) is 29.2 Å². The molecule has 3 heterocycles. The number of carbonyl (C=O) groups is 1. The van der Waals surface area contributed by atoms with Gasteiger partial charge in [-0.3, -0.25) is 4.40 Å². The standard InChI is InChI=1S/C16H21N3O2/c1-18-8-4-5-12(11-18)9-15-17-10-13-6-3-7-14(19(13)15)16(20)21-2/h3,6-7,10,12H,4-5,8-9,11H2,1-2H3. The van der Waals surface area contributed by atoms with E-state index in [2.05, 4.69) is 16.9 Å². The zero-order valence-electron chi connectivity index (χ0n) is 12.6. The van der Waals surface area contributed by atoms with Crippen LogP contribution in [0.4, 0.5) is 0 Å². The monoisotopic (exact) mass is 287 g/mol. The fourth-order valence-electron chi connectivity index (χ4n) is 3.22. The summed E-state index contributed by atoms with van der Waals surface area (Å²) in [4.78, 5) is 18.8. The van der Waals surface area contributed by atoms with E-state index in [0.717, 1.165) is 24.3 Å². The van der Waals surface area contributed by atoms with Crippen LogP contribution < -0.4 is 0 Å². The van der Waals surface area contributed by atoms with E-state index in [9.17, 15) is 4.79 Å². The number of fused-ring (bicyclic) bond motifs is 1. The van der Waals surface area contributed by atoms with Crippen molar-refractivity contribution in [2.24, 2.45) is 5.92 Å². The van der Waals surface area contributed by atoms with Crippen LogP contribution in [-0.2, 0) is 11.2 Å². The number of pyridine rings is 1. The van der Waals surface area contributed by atoms with Gasteiger partial charge < -0.3 is 9.64 Å². The van der Waals surface area contributed by atoms with Gasteiger partial charge in [0.05, 0.1) is 18.8 Å². The Morgan fingerprint density at radius 2 is 2.33 bits per heavy atom. The molecule has 5 nitrogen and oxygen atoms in total. The van der Waals surface area contributed by atoms with Crippen molar-refractivity contribution >= 4 is 11.5 Å². The minimum absolute atomic E-state index is 0.319. The van der Waals surface area contributed by atoms with Gasteiger partial charge in [-0.25, -0.2) is 9.78 Å². The van der Waals surface area contributed by atoms with Crippen LogP contribution in [0.25, 0.3) is 5.52 Å². The lowest BCUT2D eigenvalue weighted by atomic mass is 9.95. The Morgan fingerprint density at radius 3 is 3.10 bits per heavy atom. The Hall–Kier alpha value is -1.88. The lowest BCUT2D eigenvalue weighted by Gasteiger charge is -2.29. The highest BCUT2D eigenvalue weighted by molar-refractivity contribution is 5.88. The van der Waals surface area contributed by atoms with E-state index in [1.165, 1.54) is 26.5 Å². The molecule has 1 atom stereocenters. The first-order valence-electron chi connectivity index (χ1n) is 7.41. The number of esters is 1. The number of rotatable bonds is 3. The number of nitrogens with zero attached hydrogens (tertiary/aromatic N) is 3. The molecule has 1 aliphatic heterocycles. The second-order valence-corrected chi connectivity index (χ2v) is 5.81. The van der Waals surface area contributed by atoms with Gasteiger partial charge in [-0.1, -0.05) is 6.07 Å². The molecule has 0 aromatic carbocycles. The molecule has 0 saturated carbocycles. The Morgan fingerprint density at radius 1 is 1.48 bits per heavy atom. The second kappa shape index (κ2) is 5.85. The first-order chi connectivity index (χ1) is 10.2. The van der Waals surface area contributed by atoms with Crippen molar-refractivity contribution in [1.82, 2.24) is 14.3 Å². The fraction of sp³-hybridized carbons (Fsp3) is 0.500.